The van der Waals surface area contributed by atoms with Gasteiger partial charge in [0.25, 0.3) is 0 Å². The van der Waals surface area contributed by atoms with Crippen LogP contribution in [0, 0.1) is 0 Å². The molecule has 4 heteroatoms. The minimum absolute atomic E-state index is 0.641. The summed E-state index contributed by atoms with van der Waals surface area (Å²) in [7, 11) is 0. The van der Waals surface area contributed by atoms with Crippen LogP contribution in [0.1, 0.15) is 19.8 Å². The van der Waals surface area contributed by atoms with Gasteiger partial charge < -0.3 is 19.9 Å². The van der Waals surface area contributed by atoms with Crippen LogP contribution in [-0.2, 0) is 4.74 Å². The monoisotopic (exact) mass is 289 g/mol. The average Bonchev–Trinajstić information content (AvgIpc) is 2.56. The lowest BCUT2D eigenvalue weighted by Gasteiger charge is -2.35. The molecule has 116 valence electrons. The zero-order valence-electron chi connectivity index (χ0n) is 13.1. The number of piperidine rings is 1. The van der Waals surface area contributed by atoms with Gasteiger partial charge in [0, 0.05) is 43.6 Å². The lowest BCUT2D eigenvalue weighted by atomic mass is 10.0. The first-order chi connectivity index (χ1) is 10.4. The molecule has 0 aromatic heterocycles. The van der Waals surface area contributed by atoms with Crippen LogP contribution in [0.5, 0.6) is 0 Å². The SMILES string of the molecule is CCNC1CCCN(c2ccc(N3CCOCC3)cc2)C1. The van der Waals surface area contributed by atoms with E-state index in [1.807, 2.05) is 0 Å². The number of morpholine rings is 1. The Bertz CT molecular complexity index is 426. The molecule has 1 N–H and O–H groups in total. The molecule has 4 nitrogen and oxygen atoms in total. The van der Waals surface area contributed by atoms with E-state index in [2.05, 4.69) is 46.3 Å². The van der Waals surface area contributed by atoms with Crippen molar-refractivity contribution in [2.24, 2.45) is 0 Å². The average molecular weight is 289 g/mol. The largest absolute Gasteiger partial charge is 0.378 e. The van der Waals surface area contributed by atoms with E-state index in [1.165, 1.54) is 30.8 Å². The fraction of sp³-hybridized carbons (Fsp3) is 0.647. The maximum atomic E-state index is 5.42. The maximum absolute atomic E-state index is 5.42. The highest BCUT2D eigenvalue weighted by Crippen LogP contribution is 2.24. The van der Waals surface area contributed by atoms with Crippen LogP contribution in [0.3, 0.4) is 0 Å². The highest BCUT2D eigenvalue weighted by Gasteiger charge is 2.19. The van der Waals surface area contributed by atoms with Gasteiger partial charge in [0.2, 0.25) is 0 Å². The Morgan fingerprint density at radius 2 is 1.71 bits per heavy atom. The Labute approximate surface area is 128 Å². The number of nitrogens with zero attached hydrogens (tertiary/aromatic N) is 2. The molecule has 0 amide bonds. The van der Waals surface area contributed by atoms with E-state index in [4.69, 9.17) is 4.74 Å². The summed E-state index contributed by atoms with van der Waals surface area (Å²) < 4.78 is 5.42. The lowest BCUT2D eigenvalue weighted by Crippen LogP contribution is -2.45. The minimum atomic E-state index is 0.641. The van der Waals surface area contributed by atoms with Crippen LogP contribution >= 0.6 is 0 Å². The first kappa shape index (κ1) is 14.7. The Hall–Kier alpha value is -1.26. The molecule has 1 unspecified atom stereocenters. The Kier molecular flexibility index (Phi) is 4.99. The van der Waals surface area contributed by atoms with E-state index in [1.54, 1.807) is 0 Å². The predicted octanol–water partition coefficient (Wildman–Crippen LogP) is 2.10. The molecule has 2 aliphatic rings. The quantitative estimate of drug-likeness (QED) is 0.919. The molecular formula is C17H27N3O. The number of ether oxygens (including phenoxy) is 1. The highest BCUT2D eigenvalue weighted by atomic mass is 16.5. The molecule has 1 aromatic carbocycles. The molecule has 1 aromatic rings. The van der Waals surface area contributed by atoms with E-state index in [0.29, 0.717) is 6.04 Å². The molecule has 0 aliphatic carbocycles. The molecule has 21 heavy (non-hydrogen) atoms. The summed E-state index contributed by atoms with van der Waals surface area (Å²) in [5, 5.41) is 3.58. The summed E-state index contributed by atoms with van der Waals surface area (Å²) >= 11 is 0. The number of hydrogen-bond donors (Lipinski definition) is 1. The lowest BCUT2D eigenvalue weighted by molar-refractivity contribution is 0.122. The van der Waals surface area contributed by atoms with E-state index in [9.17, 15) is 0 Å². The van der Waals surface area contributed by atoms with E-state index in [0.717, 1.165) is 39.4 Å². The first-order valence-electron chi connectivity index (χ1n) is 8.28. The fourth-order valence-corrected chi connectivity index (χ4v) is 3.36. The number of nitrogens with one attached hydrogen (secondary N) is 1. The van der Waals surface area contributed by atoms with Gasteiger partial charge in [0.15, 0.2) is 0 Å². The second-order valence-electron chi connectivity index (χ2n) is 5.96. The standard InChI is InChI=1S/C17H27N3O/c1-2-18-15-4-3-9-20(14-15)17-7-5-16(6-8-17)19-10-12-21-13-11-19/h5-8,15,18H,2-4,9-14H2,1H3. The summed E-state index contributed by atoms with van der Waals surface area (Å²) in [5.41, 5.74) is 2.68. The number of rotatable bonds is 4. The molecule has 2 saturated heterocycles. The van der Waals surface area contributed by atoms with Crippen molar-refractivity contribution in [3.05, 3.63) is 24.3 Å². The van der Waals surface area contributed by atoms with Crippen LogP contribution in [-0.4, -0.2) is 52.0 Å². The van der Waals surface area contributed by atoms with Crippen molar-refractivity contribution in [2.75, 3.05) is 55.7 Å². The van der Waals surface area contributed by atoms with Crippen molar-refractivity contribution < 1.29 is 4.74 Å². The predicted molar refractivity (Wildman–Crippen MR) is 88.4 cm³/mol. The van der Waals surface area contributed by atoms with Crippen LogP contribution in [0.25, 0.3) is 0 Å². The fourth-order valence-electron chi connectivity index (χ4n) is 3.36. The number of benzene rings is 1. The molecule has 2 heterocycles. The molecule has 0 bridgehead atoms. The van der Waals surface area contributed by atoms with Crippen molar-refractivity contribution in [1.82, 2.24) is 5.32 Å². The molecule has 2 aliphatic heterocycles. The third-order valence-corrected chi connectivity index (χ3v) is 4.51. The highest BCUT2D eigenvalue weighted by molar-refractivity contribution is 5.56. The molecular weight excluding hydrogens is 262 g/mol. The van der Waals surface area contributed by atoms with E-state index in [-0.39, 0.29) is 0 Å². The number of hydrogen-bond acceptors (Lipinski definition) is 4. The van der Waals surface area contributed by atoms with E-state index >= 15 is 0 Å². The summed E-state index contributed by atoms with van der Waals surface area (Å²) in [6.45, 7) is 9.27. The van der Waals surface area contributed by atoms with Gasteiger partial charge in [0.05, 0.1) is 13.2 Å². The Balaban J connectivity index is 1.63. The Morgan fingerprint density at radius 1 is 1.05 bits per heavy atom. The summed E-state index contributed by atoms with van der Waals surface area (Å²) in [4.78, 5) is 4.92. The van der Waals surface area contributed by atoms with Gasteiger partial charge in [-0.2, -0.15) is 0 Å². The third-order valence-electron chi connectivity index (χ3n) is 4.51. The molecule has 0 spiro atoms. The van der Waals surface area contributed by atoms with Crippen LogP contribution < -0.4 is 15.1 Å². The summed E-state index contributed by atoms with van der Waals surface area (Å²) in [5.74, 6) is 0. The van der Waals surface area contributed by atoms with Crippen molar-refractivity contribution in [3.63, 3.8) is 0 Å². The topological polar surface area (TPSA) is 27.7 Å². The zero-order valence-corrected chi connectivity index (χ0v) is 13.1. The molecule has 0 radical (unpaired) electrons. The van der Waals surface area contributed by atoms with Crippen molar-refractivity contribution in [2.45, 2.75) is 25.8 Å². The van der Waals surface area contributed by atoms with Crippen molar-refractivity contribution in [3.8, 4) is 0 Å². The van der Waals surface area contributed by atoms with Crippen LogP contribution in [0.15, 0.2) is 24.3 Å². The van der Waals surface area contributed by atoms with Gasteiger partial charge in [-0.1, -0.05) is 6.92 Å². The Morgan fingerprint density at radius 3 is 2.38 bits per heavy atom. The van der Waals surface area contributed by atoms with Crippen molar-refractivity contribution >= 4 is 11.4 Å². The molecule has 3 rings (SSSR count). The summed E-state index contributed by atoms with van der Waals surface area (Å²) in [6, 6.07) is 9.72. The van der Waals surface area contributed by atoms with Crippen LogP contribution in [0.4, 0.5) is 11.4 Å². The van der Waals surface area contributed by atoms with Crippen molar-refractivity contribution in [1.29, 1.82) is 0 Å². The first-order valence-corrected chi connectivity index (χ1v) is 8.28. The normalized spacial score (nSPS) is 23.4. The summed E-state index contributed by atoms with van der Waals surface area (Å²) in [6.07, 6.45) is 2.58. The van der Waals surface area contributed by atoms with Gasteiger partial charge >= 0.3 is 0 Å². The van der Waals surface area contributed by atoms with Crippen LogP contribution in [0.2, 0.25) is 0 Å². The minimum Gasteiger partial charge on any atom is -0.378 e. The second-order valence-corrected chi connectivity index (χ2v) is 5.96. The third kappa shape index (κ3) is 3.69. The van der Waals surface area contributed by atoms with Gasteiger partial charge in [-0.05, 0) is 43.7 Å². The van der Waals surface area contributed by atoms with Gasteiger partial charge in [0.1, 0.15) is 0 Å². The van der Waals surface area contributed by atoms with E-state index < -0.39 is 0 Å². The van der Waals surface area contributed by atoms with Gasteiger partial charge in [-0.25, -0.2) is 0 Å². The molecule has 2 fully saturated rings. The number of anilines is 2. The number of likely N-dealkylation sites (N-methyl/N-ethyl adjacent to an activating group) is 1. The van der Waals surface area contributed by atoms with Gasteiger partial charge in [-0.3, -0.25) is 0 Å². The second kappa shape index (κ2) is 7.14. The molecule has 1 atom stereocenters. The maximum Gasteiger partial charge on any atom is 0.0642 e. The van der Waals surface area contributed by atoms with Gasteiger partial charge in [-0.15, -0.1) is 0 Å². The zero-order chi connectivity index (χ0) is 14.5. The smallest absolute Gasteiger partial charge is 0.0642 e. The molecule has 0 saturated carbocycles.